The summed E-state index contributed by atoms with van der Waals surface area (Å²) in [5.41, 5.74) is 7.45. The van der Waals surface area contributed by atoms with Crippen molar-refractivity contribution >= 4 is 5.82 Å². The van der Waals surface area contributed by atoms with Crippen molar-refractivity contribution in [3.05, 3.63) is 30.0 Å². The minimum atomic E-state index is 0.487. The van der Waals surface area contributed by atoms with E-state index >= 15 is 0 Å². The van der Waals surface area contributed by atoms with E-state index in [1.54, 1.807) is 23.3 Å². The average molecular weight is 204 g/mol. The standard InChI is InChI=1S/C9H12N6/c1-2-8-9(10)13-14-15(8)6-7-5-11-3-4-12-7/h3-5H,2,6,10H2,1H3. The predicted octanol–water partition coefficient (Wildman–Crippen LogP) is 0.261. The van der Waals surface area contributed by atoms with Gasteiger partial charge in [-0.05, 0) is 6.42 Å². The summed E-state index contributed by atoms with van der Waals surface area (Å²) in [7, 11) is 0. The first-order chi connectivity index (χ1) is 7.31. The summed E-state index contributed by atoms with van der Waals surface area (Å²) in [4.78, 5) is 8.15. The summed E-state index contributed by atoms with van der Waals surface area (Å²) in [6.07, 6.45) is 5.80. The van der Waals surface area contributed by atoms with E-state index in [4.69, 9.17) is 5.73 Å². The number of nitrogens with two attached hydrogens (primary N) is 1. The second kappa shape index (κ2) is 4.04. The van der Waals surface area contributed by atoms with Gasteiger partial charge in [0.1, 0.15) is 0 Å². The van der Waals surface area contributed by atoms with Gasteiger partial charge in [0.2, 0.25) is 0 Å². The fourth-order valence-corrected chi connectivity index (χ4v) is 1.40. The molecule has 0 aliphatic rings. The van der Waals surface area contributed by atoms with Crippen LogP contribution >= 0.6 is 0 Å². The Kier molecular flexibility index (Phi) is 2.57. The largest absolute Gasteiger partial charge is 0.381 e. The van der Waals surface area contributed by atoms with Gasteiger partial charge in [-0.3, -0.25) is 9.97 Å². The number of rotatable bonds is 3. The molecule has 0 fully saturated rings. The third-order valence-electron chi connectivity index (χ3n) is 2.13. The lowest BCUT2D eigenvalue weighted by molar-refractivity contribution is 0.610. The molecule has 0 saturated carbocycles. The van der Waals surface area contributed by atoms with Crippen LogP contribution in [0.5, 0.6) is 0 Å². The molecule has 0 atom stereocenters. The molecule has 0 radical (unpaired) electrons. The van der Waals surface area contributed by atoms with Crippen LogP contribution in [0.25, 0.3) is 0 Å². The van der Waals surface area contributed by atoms with Crippen LogP contribution in [-0.4, -0.2) is 25.0 Å². The number of hydrogen-bond donors (Lipinski definition) is 1. The lowest BCUT2D eigenvalue weighted by atomic mass is 10.3. The highest BCUT2D eigenvalue weighted by Gasteiger charge is 2.08. The van der Waals surface area contributed by atoms with Crippen molar-refractivity contribution in [2.24, 2.45) is 0 Å². The van der Waals surface area contributed by atoms with Crippen molar-refractivity contribution in [2.75, 3.05) is 5.73 Å². The van der Waals surface area contributed by atoms with Gasteiger partial charge in [-0.1, -0.05) is 12.1 Å². The molecule has 0 aromatic carbocycles. The van der Waals surface area contributed by atoms with Crippen LogP contribution in [-0.2, 0) is 13.0 Å². The lowest BCUT2D eigenvalue weighted by Gasteiger charge is -2.03. The molecular weight excluding hydrogens is 192 g/mol. The summed E-state index contributed by atoms with van der Waals surface area (Å²) in [5, 5.41) is 7.78. The van der Waals surface area contributed by atoms with Gasteiger partial charge in [-0.25, -0.2) is 4.68 Å². The predicted molar refractivity (Wildman–Crippen MR) is 54.9 cm³/mol. The monoisotopic (exact) mass is 204 g/mol. The summed E-state index contributed by atoms with van der Waals surface area (Å²) in [6, 6.07) is 0. The van der Waals surface area contributed by atoms with Crippen LogP contribution in [0.2, 0.25) is 0 Å². The van der Waals surface area contributed by atoms with Crippen molar-refractivity contribution in [3.8, 4) is 0 Å². The fraction of sp³-hybridized carbons (Fsp3) is 0.333. The Morgan fingerprint density at radius 3 is 2.93 bits per heavy atom. The molecule has 2 rings (SSSR count). The highest BCUT2D eigenvalue weighted by atomic mass is 15.4. The van der Waals surface area contributed by atoms with Crippen LogP contribution in [0, 0.1) is 0 Å². The third-order valence-corrected chi connectivity index (χ3v) is 2.13. The maximum atomic E-state index is 5.68. The van der Waals surface area contributed by atoms with Crippen molar-refractivity contribution in [3.63, 3.8) is 0 Å². The molecule has 0 aliphatic heterocycles. The number of anilines is 1. The van der Waals surface area contributed by atoms with Gasteiger partial charge in [0.05, 0.1) is 24.1 Å². The SMILES string of the molecule is CCc1c(N)nnn1Cc1cnccn1. The van der Waals surface area contributed by atoms with Gasteiger partial charge in [0, 0.05) is 12.4 Å². The molecule has 2 aromatic rings. The van der Waals surface area contributed by atoms with E-state index in [0.29, 0.717) is 12.4 Å². The Labute approximate surface area is 87.2 Å². The van der Waals surface area contributed by atoms with E-state index in [1.165, 1.54) is 0 Å². The van der Waals surface area contributed by atoms with Crippen LogP contribution in [0.15, 0.2) is 18.6 Å². The zero-order valence-electron chi connectivity index (χ0n) is 8.46. The van der Waals surface area contributed by atoms with Crippen LogP contribution in [0.3, 0.4) is 0 Å². The molecule has 0 aliphatic carbocycles. The maximum Gasteiger partial charge on any atom is 0.169 e. The topological polar surface area (TPSA) is 82.5 Å². The molecule has 2 aromatic heterocycles. The van der Waals surface area contributed by atoms with Crippen LogP contribution in [0.1, 0.15) is 18.3 Å². The first kappa shape index (κ1) is 9.57. The third kappa shape index (κ3) is 1.93. The van der Waals surface area contributed by atoms with Crippen molar-refractivity contribution in [1.29, 1.82) is 0 Å². The van der Waals surface area contributed by atoms with Crippen molar-refractivity contribution in [2.45, 2.75) is 19.9 Å². The van der Waals surface area contributed by atoms with Crippen LogP contribution in [0.4, 0.5) is 5.82 Å². The molecule has 2 heterocycles. The number of nitrogens with zero attached hydrogens (tertiary/aromatic N) is 5. The fourth-order valence-electron chi connectivity index (χ4n) is 1.40. The summed E-state index contributed by atoms with van der Waals surface area (Å²) in [6.45, 7) is 2.57. The van der Waals surface area contributed by atoms with E-state index in [2.05, 4.69) is 20.3 Å². The number of hydrogen-bond acceptors (Lipinski definition) is 5. The molecular formula is C9H12N6. The average Bonchev–Trinajstić information content (AvgIpc) is 2.61. The first-order valence-electron chi connectivity index (χ1n) is 4.74. The zero-order chi connectivity index (χ0) is 10.7. The molecule has 0 bridgehead atoms. The molecule has 6 nitrogen and oxygen atoms in total. The second-order valence-electron chi connectivity index (χ2n) is 3.13. The zero-order valence-corrected chi connectivity index (χ0v) is 8.46. The number of nitrogen functional groups attached to an aromatic ring is 1. The molecule has 0 amide bonds. The molecule has 78 valence electrons. The molecule has 2 N–H and O–H groups in total. The van der Waals surface area contributed by atoms with E-state index < -0.39 is 0 Å². The highest BCUT2D eigenvalue weighted by Crippen LogP contribution is 2.09. The Balaban J connectivity index is 2.25. The normalized spacial score (nSPS) is 10.5. The van der Waals surface area contributed by atoms with E-state index in [0.717, 1.165) is 17.8 Å². The summed E-state index contributed by atoms with van der Waals surface area (Å²) < 4.78 is 1.75. The quantitative estimate of drug-likeness (QED) is 0.775. The minimum Gasteiger partial charge on any atom is -0.381 e. The second-order valence-corrected chi connectivity index (χ2v) is 3.13. The van der Waals surface area contributed by atoms with Gasteiger partial charge in [-0.15, -0.1) is 5.10 Å². The molecule has 0 spiro atoms. The smallest absolute Gasteiger partial charge is 0.169 e. The summed E-state index contributed by atoms with van der Waals surface area (Å²) >= 11 is 0. The highest BCUT2D eigenvalue weighted by molar-refractivity contribution is 5.32. The van der Waals surface area contributed by atoms with Gasteiger partial charge in [0.25, 0.3) is 0 Å². The molecule has 6 heteroatoms. The molecule has 0 unspecified atom stereocenters. The Hall–Kier alpha value is -1.98. The Bertz CT molecular complexity index is 435. The van der Waals surface area contributed by atoms with E-state index in [9.17, 15) is 0 Å². The van der Waals surface area contributed by atoms with Crippen molar-refractivity contribution in [1.82, 2.24) is 25.0 Å². The molecule has 0 saturated heterocycles. The number of aromatic nitrogens is 5. The van der Waals surface area contributed by atoms with Gasteiger partial charge >= 0.3 is 0 Å². The Morgan fingerprint density at radius 2 is 2.27 bits per heavy atom. The van der Waals surface area contributed by atoms with Gasteiger partial charge < -0.3 is 5.73 Å². The van der Waals surface area contributed by atoms with E-state index in [1.807, 2.05) is 6.92 Å². The Morgan fingerprint density at radius 1 is 1.40 bits per heavy atom. The summed E-state index contributed by atoms with van der Waals surface area (Å²) in [5.74, 6) is 0.487. The van der Waals surface area contributed by atoms with Crippen LogP contribution < -0.4 is 5.73 Å². The maximum absolute atomic E-state index is 5.68. The lowest BCUT2D eigenvalue weighted by Crippen LogP contribution is -2.08. The van der Waals surface area contributed by atoms with E-state index in [-0.39, 0.29) is 0 Å². The van der Waals surface area contributed by atoms with Gasteiger partial charge in [-0.2, -0.15) is 0 Å². The minimum absolute atomic E-state index is 0.487. The molecule has 15 heavy (non-hydrogen) atoms. The van der Waals surface area contributed by atoms with Crippen molar-refractivity contribution < 1.29 is 0 Å². The first-order valence-corrected chi connectivity index (χ1v) is 4.74. The van der Waals surface area contributed by atoms with Gasteiger partial charge in [0.15, 0.2) is 5.82 Å².